The van der Waals surface area contributed by atoms with E-state index in [4.69, 9.17) is 4.74 Å². The second kappa shape index (κ2) is 6.17. The number of ether oxygens (including phenoxy) is 1. The van der Waals surface area contributed by atoms with Gasteiger partial charge in [-0.1, -0.05) is 0 Å². The number of sulfonamides is 1. The second-order valence-electron chi connectivity index (χ2n) is 4.11. The van der Waals surface area contributed by atoms with E-state index in [0.717, 1.165) is 5.56 Å². The Hall–Kier alpha value is -1.11. The number of benzene rings is 1. The summed E-state index contributed by atoms with van der Waals surface area (Å²) in [7, 11) is 3.05. The van der Waals surface area contributed by atoms with Gasteiger partial charge in [-0.05, 0) is 43.8 Å². The number of rotatable bonds is 6. The van der Waals surface area contributed by atoms with Crippen LogP contribution in [0.15, 0.2) is 23.1 Å². The normalized spacial score (nSPS) is 11.8. The molecule has 0 saturated heterocycles. The first-order valence-corrected chi connectivity index (χ1v) is 7.11. The molecule has 0 amide bonds. The summed E-state index contributed by atoms with van der Waals surface area (Å²) in [4.78, 5) is 0.337. The largest absolute Gasteiger partial charge is 0.497 e. The molecule has 18 heavy (non-hydrogen) atoms. The lowest BCUT2D eigenvalue weighted by Gasteiger charge is -2.16. The highest BCUT2D eigenvalue weighted by Gasteiger charge is 2.21. The van der Waals surface area contributed by atoms with E-state index in [1.54, 1.807) is 25.3 Å². The maximum Gasteiger partial charge on any atom is 0.242 e. The fraction of sp³-hybridized carbons (Fsp3) is 0.500. The van der Waals surface area contributed by atoms with Crippen LogP contribution in [0.2, 0.25) is 0 Å². The summed E-state index contributed by atoms with van der Waals surface area (Å²) in [5.74, 6) is 0.666. The maximum atomic E-state index is 12.2. The Morgan fingerprint density at radius 3 is 2.50 bits per heavy atom. The standard InChI is InChI=1S/C12H20N2O3S/c1-13-8-7-10-9-11(17-4)5-6-12(10)18(15,16)14(2)3/h5-6,9,13H,7-8H2,1-4H3. The molecule has 102 valence electrons. The van der Waals surface area contributed by atoms with Crippen LogP contribution in [0.3, 0.4) is 0 Å². The lowest BCUT2D eigenvalue weighted by Crippen LogP contribution is -2.24. The van der Waals surface area contributed by atoms with Crippen LogP contribution in [0.5, 0.6) is 5.75 Å². The van der Waals surface area contributed by atoms with Gasteiger partial charge in [-0.15, -0.1) is 0 Å². The fourth-order valence-corrected chi connectivity index (χ4v) is 2.71. The molecule has 0 spiro atoms. The van der Waals surface area contributed by atoms with Crippen molar-refractivity contribution in [2.75, 3.05) is 34.8 Å². The first-order chi connectivity index (χ1) is 8.43. The van der Waals surface area contributed by atoms with E-state index in [9.17, 15) is 8.42 Å². The monoisotopic (exact) mass is 272 g/mol. The first-order valence-electron chi connectivity index (χ1n) is 5.67. The molecule has 0 aliphatic carbocycles. The van der Waals surface area contributed by atoms with Gasteiger partial charge in [0.25, 0.3) is 0 Å². The van der Waals surface area contributed by atoms with Crippen molar-refractivity contribution in [3.05, 3.63) is 23.8 Å². The second-order valence-corrected chi connectivity index (χ2v) is 6.23. The fourth-order valence-electron chi connectivity index (χ4n) is 1.59. The SMILES string of the molecule is CNCCc1cc(OC)ccc1S(=O)(=O)N(C)C. The van der Waals surface area contributed by atoms with Gasteiger partial charge in [-0.25, -0.2) is 12.7 Å². The molecule has 5 nitrogen and oxygen atoms in total. The molecule has 0 heterocycles. The van der Waals surface area contributed by atoms with E-state index in [2.05, 4.69) is 5.32 Å². The van der Waals surface area contributed by atoms with Gasteiger partial charge in [0.15, 0.2) is 0 Å². The van der Waals surface area contributed by atoms with E-state index in [1.165, 1.54) is 18.4 Å². The third kappa shape index (κ3) is 3.22. The third-order valence-electron chi connectivity index (χ3n) is 2.67. The van der Waals surface area contributed by atoms with E-state index in [-0.39, 0.29) is 0 Å². The Bertz CT molecular complexity index is 498. The Kier molecular flexibility index (Phi) is 5.13. The third-order valence-corrected chi connectivity index (χ3v) is 4.59. The number of likely N-dealkylation sites (N-methyl/N-ethyl adjacent to an activating group) is 1. The van der Waals surface area contributed by atoms with E-state index >= 15 is 0 Å². The summed E-state index contributed by atoms with van der Waals surface area (Å²) >= 11 is 0. The van der Waals surface area contributed by atoms with Crippen molar-refractivity contribution in [2.45, 2.75) is 11.3 Å². The van der Waals surface area contributed by atoms with Gasteiger partial charge in [0.1, 0.15) is 5.75 Å². The van der Waals surface area contributed by atoms with Gasteiger partial charge in [0.2, 0.25) is 10.0 Å². The average molecular weight is 272 g/mol. The van der Waals surface area contributed by atoms with Gasteiger partial charge in [-0.3, -0.25) is 0 Å². The Morgan fingerprint density at radius 1 is 1.33 bits per heavy atom. The molecule has 0 unspecified atom stereocenters. The van der Waals surface area contributed by atoms with Gasteiger partial charge in [-0.2, -0.15) is 0 Å². The highest BCUT2D eigenvalue weighted by Crippen LogP contribution is 2.24. The van der Waals surface area contributed by atoms with Crippen LogP contribution in [0.1, 0.15) is 5.56 Å². The molecule has 0 aromatic heterocycles. The molecule has 0 aliphatic rings. The van der Waals surface area contributed by atoms with Crippen molar-refractivity contribution in [2.24, 2.45) is 0 Å². The molecule has 0 fully saturated rings. The highest BCUT2D eigenvalue weighted by molar-refractivity contribution is 7.89. The van der Waals surface area contributed by atoms with E-state index in [1.807, 2.05) is 7.05 Å². The minimum absolute atomic E-state index is 0.337. The van der Waals surface area contributed by atoms with Crippen molar-refractivity contribution in [1.82, 2.24) is 9.62 Å². The number of methoxy groups -OCH3 is 1. The van der Waals surface area contributed by atoms with Crippen LogP contribution in [0, 0.1) is 0 Å². The molecule has 0 aliphatic heterocycles. The van der Waals surface area contributed by atoms with Crippen LogP contribution < -0.4 is 10.1 Å². The zero-order valence-corrected chi connectivity index (χ0v) is 12.0. The topological polar surface area (TPSA) is 58.6 Å². The quantitative estimate of drug-likeness (QED) is 0.828. The summed E-state index contributed by atoms with van der Waals surface area (Å²) in [5, 5.41) is 3.01. The van der Waals surface area contributed by atoms with Gasteiger partial charge in [0.05, 0.1) is 12.0 Å². The summed E-state index contributed by atoms with van der Waals surface area (Å²) in [5.41, 5.74) is 0.761. The molecular weight excluding hydrogens is 252 g/mol. The number of hydrogen-bond acceptors (Lipinski definition) is 4. The van der Waals surface area contributed by atoms with Gasteiger partial charge >= 0.3 is 0 Å². The molecule has 0 radical (unpaired) electrons. The number of nitrogens with zero attached hydrogens (tertiary/aromatic N) is 1. The molecule has 1 aromatic rings. The summed E-state index contributed by atoms with van der Waals surface area (Å²) in [6, 6.07) is 5.03. The van der Waals surface area contributed by atoms with Crippen molar-refractivity contribution in [3.8, 4) is 5.75 Å². The molecule has 1 N–H and O–H groups in total. The van der Waals surface area contributed by atoms with Crippen LogP contribution in [0.25, 0.3) is 0 Å². The minimum Gasteiger partial charge on any atom is -0.497 e. The lowest BCUT2D eigenvalue weighted by molar-refractivity contribution is 0.413. The molecular formula is C12H20N2O3S. The molecule has 0 atom stereocenters. The molecule has 1 rings (SSSR count). The zero-order chi connectivity index (χ0) is 13.8. The van der Waals surface area contributed by atoms with Gasteiger partial charge < -0.3 is 10.1 Å². The summed E-state index contributed by atoms with van der Waals surface area (Å²) in [6.45, 7) is 0.711. The van der Waals surface area contributed by atoms with E-state index < -0.39 is 10.0 Å². The average Bonchev–Trinajstić information content (AvgIpc) is 2.35. The van der Waals surface area contributed by atoms with Crippen LogP contribution in [-0.2, 0) is 16.4 Å². The predicted molar refractivity (Wildman–Crippen MR) is 71.5 cm³/mol. The van der Waals surface area contributed by atoms with Gasteiger partial charge in [0, 0.05) is 14.1 Å². The minimum atomic E-state index is -3.41. The van der Waals surface area contributed by atoms with E-state index in [0.29, 0.717) is 23.6 Å². The van der Waals surface area contributed by atoms with Crippen LogP contribution >= 0.6 is 0 Å². The Labute approximate surface area is 109 Å². The predicted octanol–water partition coefficient (Wildman–Crippen LogP) is 0.707. The number of hydrogen-bond donors (Lipinski definition) is 1. The van der Waals surface area contributed by atoms with Crippen molar-refractivity contribution in [1.29, 1.82) is 0 Å². The lowest BCUT2D eigenvalue weighted by atomic mass is 10.1. The number of nitrogens with one attached hydrogen (secondary N) is 1. The molecule has 1 aromatic carbocycles. The molecule has 0 bridgehead atoms. The summed E-state index contributed by atoms with van der Waals surface area (Å²) < 4.78 is 30.7. The zero-order valence-electron chi connectivity index (χ0n) is 11.2. The Balaban J connectivity index is 3.26. The highest BCUT2D eigenvalue weighted by atomic mass is 32.2. The van der Waals surface area contributed by atoms with Crippen molar-refractivity contribution >= 4 is 10.0 Å². The van der Waals surface area contributed by atoms with Crippen molar-refractivity contribution < 1.29 is 13.2 Å². The molecule has 0 saturated carbocycles. The molecule has 6 heteroatoms. The van der Waals surface area contributed by atoms with Crippen molar-refractivity contribution in [3.63, 3.8) is 0 Å². The maximum absolute atomic E-state index is 12.2. The Morgan fingerprint density at radius 2 is 2.00 bits per heavy atom. The first kappa shape index (κ1) is 14.9. The summed E-state index contributed by atoms with van der Waals surface area (Å²) in [6.07, 6.45) is 0.635. The van der Waals surface area contributed by atoms with Crippen LogP contribution in [0.4, 0.5) is 0 Å². The smallest absolute Gasteiger partial charge is 0.242 e. The van der Waals surface area contributed by atoms with Crippen LogP contribution in [-0.4, -0.2) is 47.5 Å².